The van der Waals surface area contributed by atoms with Gasteiger partial charge in [-0.2, -0.15) is 0 Å². The minimum Gasteiger partial charge on any atom is -0.744 e. The molecule has 0 N–H and O–H groups in total. The number of rotatable bonds is 5. The summed E-state index contributed by atoms with van der Waals surface area (Å²) in [4.78, 5) is 12.9. The Hall–Kier alpha value is -3.46. The Morgan fingerprint density at radius 1 is 0.694 bits per heavy atom. The fourth-order valence-electron chi connectivity index (χ4n) is 3.37. The molecule has 4 rings (SSSR count). The number of benzene rings is 4. The molecule has 8 heteroatoms. The Morgan fingerprint density at radius 2 is 1.17 bits per heavy atom. The molecule has 0 spiro atoms. The number of nitro benzene ring substituents is 1. The molecule has 0 aliphatic rings. The first-order valence-corrected chi connectivity index (χ1v) is 13.8. The van der Waals surface area contributed by atoms with Crippen LogP contribution in [0.4, 0.5) is 5.69 Å². The van der Waals surface area contributed by atoms with E-state index in [1.54, 1.807) is 0 Å². The normalized spacial score (nSPS) is 11.5. The van der Waals surface area contributed by atoms with Crippen molar-refractivity contribution in [3.63, 3.8) is 0 Å². The molecular weight excluding hydrogens is 494 g/mol. The fraction of sp³-hybridized carbons (Fsp3) is 0.143. The van der Waals surface area contributed by atoms with Gasteiger partial charge < -0.3 is 4.55 Å². The molecule has 6 nitrogen and oxygen atoms in total. The molecule has 4 aromatic carbocycles. The predicted octanol–water partition coefficient (Wildman–Crippen LogP) is 6.58. The van der Waals surface area contributed by atoms with Crippen LogP contribution in [0.5, 0.6) is 0 Å². The maximum Gasteiger partial charge on any atom is 0.270 e. The summed E-state index contributed by atoms with van der Waals surface area (Å²) >= 11 is 0. The Balaban J connectivity index is 0.000000236. The summed E-state index contributed by atoms with van der Waals surface area (Å²) in [7, 11) is -4.66. The fourth-order valence-corrected chi connectivity index (χ4v) is 5.96. The zero-order valence-corrected chi connectivity index (χ0v) is 21.8. The van der Waals surface area contributed by atoms with Gasteiger partial charge in [0, 0.05) is 12.1 Å². The summed E-state index contributed by atoms with van der Waals surface area (Å²) in [6, 6.07) is 34.7. The van der Waals surface area contributed by atoms with Crippen molar-refractivity contribution in [2.45, 2.75) is 45.8 Å². The first kappa shape index (κ1) is 27.1. The number of hydrogen-bond donors (Lipinski definition) is 0. The Labute approximate surface area is 214 Å². The van der Waals surface area contributed by atoms with Gasteiger partial charge in [0.1, 0.15) is 10.1 Å². The van der Waals surface area contributed by atoms with Crippen LogP contribution in [0, 0.1) is 10.1 Å². The highest BCUT2D eigenvalue weighted by Crippen LogP contribution is 2.32. The average molecular weight is 522 g/mol. The van der Waals surface area contributed by atoms with Gasteiger partial charge in [-0.3, -0.25) is 10.1 Å². The zero-order valence-electron chi connectivity index (χ0n) is 20.2. The van der Waals surface area contributed by atoms with E-state index in [1.165, 1.54) is 20.2 Å². The highest BCUT2D eigenvalue weighted by atomic mass is 32.2. The van der Waals surface area contributed by atoms with Crippen LogP contribution in [-0.4, -0.2) is 17.9 Å². The van der Waals surface area contributed by atoms with Crippen molar-refractivity contribution in [2.75, 3.05) is 0 Å². The van der Waals surface area contributed by atoms with E-state index >= 15 is 0 Å². The standard InChI is InChI=1S/C22H23S.C6H5NO5S/c1-22(2,3)18-14-16-21(17-15-18)23(19-10-6-4-7-11-19)20-12-8-5-9-13-20;8-7(9)5-2-1-3-6(4-5)13(10,11)12/h4-17H,1-3H3;1-4H,(H,10,11,12)/q+1;/p-1. The van der Waals surface area contributed by atoms with Crippen molar-refractivity contribution >= 4 is 26.7 Å². The zero-order chi connectivity index (χ0) is 26.3. The van der Waals surface area contributed by atoms with Gasteiger partial charge in [0.05, 0.1) is 20.7 Å². The van der Waals surface area contributed by atoms with E-state index in [0.717, 1.165) is 24.3 Å². The van der Waals surface area contributed by atoms with Gasteiger partial charge in [0.15, 0.2) is 14.7 Å². The first-order chi connectivity index (χ1) is 17.0. The molecule has 0 radical (unpaired) electrons. The molecule has 0 aliphatic heterocycles. The van der Waals surface area contributed by atoms with Crippen LogP contribution in [0.15, 0.2) is 129 Å². The monoisotopic (exact) mass is 521 g/mol. The number of nitro groups is 1. The lowest BCUT2D eigenvalue weighted by molar-refractivity contribution is -0.385. The molecule has 0 bridgehead atoms. The largest absolute Gasteiger partial charge is 0.744 e. The maximum absolute atomic E-state index is 10.4. The third-order valence-electron chi connectivity index (χ3n) is 5.23. The summed E-state index contributed by atoms with van der Waals surface area (Å²) in [6.07, 6.45) is 0. The smallest absolute Gasteiger partial charge is 0.270 e. The quantitative estimate of drug-likeness (QED) is 0.128. The second kappa shape index (κ2) is 11.5. The van der Waals surface area contributed by atoms with Gasteiger partial charge in [-0.1, -0.05) is 75.4 Å². The molecule has 0 amide bonds. The van der Waals surface area contributed by atoms with Gasteiger partial charge in [0.2, 0.25) is 0 Å². The highest BCUT2D eigenvalue weighted by Gasteiger charge is 2.28. The Kier molecular flexibility index (Phi) is 8.68. The molecule has 0 heterocycles. The maximum atomic E-state index is 10.4. The lowest BCUT2D eigenvalue weighted by Crippen LogP contribution is -2.11. The van der Waals surface area contributed by atoms with E-state index in [9.17, 15) is 23.1 Å². The molecule has 0 aliphatic carbocycles. The van der Waals surface area contributed by atoms with Crippen molar-refractivity contribution in [1.29, 1.82) is 0 Å². The van der Waals surface area contributed by atoms with Crippen molar-refractivity contribution in [1.82, 2.24) is 0 Å². The van der Waals surface area contributed by atoms with E-state index in [2.05, 4.69) is 106 Å². The topological polar surface area (TPSA) is 100 Å². The molecule has 0 aromatic heterocycles. The van der Waals surface area contributed by atoms with Crippen LogP contribution < -0.4 is 0 Å². The lowest BCUT2D eigenvalue weighted by atomic mass is 9.87. The summed E-state index contributed by atoms with van der Waals surface area (Å²) in [5, 5.41) is 10.2. The number of hydrogen-bond acceptors (Lipinski definition) is 5. The highest BCUT2D eigenvalue weighted by molar-refractivity contribution is 7.97. The summed E-state index contributed by atoms with van der Waals surface area (Å²) in [6.45, 7) is 6.78. The van der Waals surface area contributed by atoms with E-state index in [4.69, 9.17) is 0 Å². The molecule has 36 heavy (non-hydrogen) atoms. The summed E-state index contributed by atoms with van der Waals surface area (Å²) < 4.78 is 31.3. The van der Waals surface area contributed by atoms with Crippen molar-refractivity contribution < 1.29 is 17.9 Å². The van der Waals surface area contributed by atoms with Crippen LogP contribution in [0.1, 0.15) is 26.3 Å². The third kappa shape index (κ3) is 7.27. The molecule has 0 saturated carbocycles. The number of nitrogens with zero attached hydrogens (tertiary/aromatic N) is 1. The summed E-state index contributed by atoms with van der Waals surface area (Å²) in [5.41, 5.74) is 1.15. The van der Waals surface area contributed by atoms with Gasteiger partial charge >= 0.3 is 0 Å². The van der Waals surface area contributed by atoms with Crippen LogP contribution in [0.3, 0.4) is 0 Å². The van der Waals surface area contributed by atoms with E-state index in [1.807, 2.05) is 0 Å². The van der Waals surface area contributed by atoms with Crippen LogP contribution >= 0.6 is 0 Å². The van der Waals surface area contributed by atoms with E-state index < -0.39 is 25.6 Å². The third-order valence-corrected chi connectivity index (χ3v) is 8.29. The van der Waals surface area contributed by atoms with Crippen LogP contribution in [-0.2, 0) is 26.4 Å². The SMILES string of the molecule is CC(C)(C)c1ccc([S+](c2ccccc2)c2ccccc2)cc1.O=[N+]([O-])c1cccc(S(=O)(=O)[O-])c1. The average Bonchev–Trinajstić information content (AvgIpc) is 2.85. The Bertz CT molecular complexity index is 1360. The van der Waals surface area contributed by atoms with Crippen LogP contribution in [0.25, 0.3) is 0 Å². The molecule has 0 fully saturated rings. The Morgan fingerprint density at radius 3 is 1.58 bits per heavy atom. The minimum absolute atomic E-state index is 0.0497. The molecule has 186 valence electrons. The summed E-state index contributed by atoms with van der Waals surface area (Å²) in [5.74, 6) is 0. The molecule has 0 atom stereocenters. The first-order valence-electron chi connectivity index (χ1n) is 11.1. The van der Waals surface area contributed by atoms with E-state index in [-0.39, 0.29) is 16.3 Å². The van der Waals surface area contributed by atoms with Gasteiger partial charge in [-0.05, 0) is 53.4 Å². The molecular formula is C28H27NO5S2. The van der Waals surface area contributed by atoms with E-state index in [0.29, 0.717) is 0 Å². The van der Waals surface area contributed by atoms with Gasteiger partial charge in [0.25, 0.3) is 5.69 Å². The lowest BCUT2D eigenvalue weighted by Gasteiger charge is -2.19. The van der Waals surface area contributed by atoms with Crippen molar-refractivity contribution in [3.8, 4) is 0 Å². The number of non-ortho nitro benzene ring substituents is 1. The van der Waals surface area contributed by atoms with Gasteiger partial charge in [-0.25, -0.2) is 8.42 Å². The second-order valence-corrected chi connectivity index (χ2v) is 12.3. The molecule has 0 saturated heterocycles. The minimum atomic E-state index is -4.61. The van der Waals surface area contributed by atoms with Crippen molar-refractivity contribution in [3.05, 3.63) is 125 Å². The predicted molar refractivity (Wildman–Crippen MR) is 141 cm³/mol. The second-order valence-electron chi connectivity index (χ2n) is 8.92. The molecule has 0 unspecified atom stereocenters. The van der Waals surface area contributed by atoms with Gasteiger partial charge in [-0.15, -0.1) is 0 Å². The van der Waals surface area contributed by atoms with Crippen LogP contribution in [0.2, 0.25) is 0 Å². The van der Waals surface area contributed by atoms with Crippen molar-refractivity contribution in [2.24, 2.45) is 0 Å². The molecule has 4 aromatic rings.